The van der Waals surface area contributed by atoms with E-state index in [4.69, 9.17) is 0 Å². The van der Waals surface area contributed by atoms with Crippen molar-refractivity contribution >= 4 is 30.1 Å². The van der Waals surface area contributed by atoms with Gasteiger partial charge in [0.15, 0.2) is 0 Å². The zero-order valence-corrected chi connectivity index (χ0v) is 13.5. The summed E-state index contributed by atoms with van der Waals surface area (Å²) in [6.07, 6.45) is 7.06. The van der Waals surface area contributed by atoms with Gasteiger partial charge < -0.3 is 10.6 Å². The van der Waals surface area contributed by atoms with Gasteiger partial charge in [-0.25, -0.2) is 0 Å². The average molecular weight is 307 g/mol. The number of thioether (sulfide) groups is 1. The Balaban J connectivity index is 0.00000180. The van der Waals surface area contributed by atoms with Gasteiger partial charge >= 0.3 is 0 Å². The van der Waals surface area contributed by atoms with E-state index in [0.29, 0.717) is 17.2 Å². The molecular weight excluding hydrogens is 280 g/mol. The molecule has 1 saturated carbocycles. The standard InChI is InChI=1S/C14H26N2OS.ClH/c1-2-18-13-6-4-3-5-12(13)16-14(17)11-7-9-15-10-8-11;/h11-13,15H,2-10H2,1H3,(H,16,17);1H. The van der Waals surface area contributed by atoms with Crippen LogP contribution in [0, 0.1) is 5.92 Å². The van der Waals surface area contributed by atoms with Crippen LogP contribution in [0.25, 0.3) is 0 Å². The van der Waals surface area contributed by atoms with Crippen molar-refractivity contribution in [3.05, 3.63) is 0 Å². The normalized spacial score (nSPS) is 28.5. The summed E-state index contributed by atoms with van der Waals surface area (Å²) in [6, 6.07) is 0.422. The molecule has 0 aromatic carbocycles. The number of piperidine rings is 1. The summed E-state index contributed by atoms with van der Waals surface area (Å²) in [6.45, 7) is 4.21. The first-order valence-electron chi connectivity index (χ1n) is 7.44. The predicted molar refractivity (Wildman–Crippen MR) is 85.2 cm³/mol. The van der Waals surface area contributed by atoms with Crippen LogP contribution < -0.4 is 10.6 Å². The van der Waals surface area contributed by atoms with Crippen molar-refractivity contribution in [3.8, 4) is 0 Å². The van der Waals surface area contributed by atoms with Crippen LogP contribution in [0.15, 0.2) is 0 Å². The zero-order chi connectivity index (χ0) is 12.8. The Labute approximate surface area is 127 Å². The van der Waals surface area contributed by atoms with Gasteiger partial charge in [-0.1, -0.05) is 19.8 Å². The van der Waals surface area contributed by atoms with Gasteiger partial charge in [0.2, 0.25) is 5.91 Å². The van der Waals surface area contributed by atoms with Gasteiger partial charge in [0.05, 0.1) is 0 Å². The molecule has 0 bridgehead atoms. The van der Waals surface area contributed by atoms with Crippen LogP contribution in [-0.2, 0) is 4.79 Å². The average Bonchev–Trinajstić information content (AvgIpc) is 2.42. The van der Waals surface area contributed by atoms with Crippen LogP contribution in [0.1, 0.15) is 45.4 Å². The molecule has 2 fully saturated rings. The highest BCUT2D eigenvalue weighted by Gasteiger charge is 2.29. The van der Waals surface area contributed by atoms with Crippen molar-refractivity contribution in [1.82, 2.24) is 10.6 Å². The van der Waals surface area contributed by atoms with E-state index in [1.54, 1.807) is 0 Å². The van der Waals surface area contributed by atoms with Crippen LogP contribution in [0.3, 0.4) is 0 Å². The lowest BCUT2D eigenvalue weighted by Crippen LogP contribution is -2.47. The van der Waals surface area contributed by atoms with Gasteiger partial charge in [-0.15, -0.1) is 12.4 Å². The van der Waals surface area contributed by atoms with Crippen LogP contribution >= 0.6 is 24.2 Å². The van der Waals surface area contributed by atoms with Gasteiger partial charge in [-0.05, 0) is 44.5 Å². The minimum absolute atomic E-state index is 0. The summed E-state index contributed by atoms with van der Waals surface area (Å²) in [7, 11) is 0. The van der Waals surface area contributed by atoms with Crippen molar-refractivity contribution in [2.45, 2.75) is 56.7 Å². The van der Waals surface area contributed by atoms with E-state index >= 15 is 0 Å². The quantitative estimate of drug-likeness (QED) is 0.839. The van der Waals surface area contributed by atoms with Crippen molar-refractivity contribution in [2.75, 3.05) is 18.8 Å². The molecule has 0 radical (unpaired) electrons. The maximum atomic E-state index is 12.3. The van der Waals surface area contributed by atoms with E-state index < -0.39 is 0 Å². The summed E-state index contributed by atoms with van der Waals surface area (Å²) in [5, 5.41) is 7.30. The number of hydrogen-bond donors (Lipinski definition) is 2. The molecule has 1 aliphatic heterocycles. The molecule has 1 amide bonds. The van der Waals surface area contributed by atoms with Gasteiger partial charge in [-0.3, -0.25) is 4.79 Å². The molecule has 0 spiro atoms. The second-order valence-corrected chi connectivity index (χ2v) is 6.93. The smallest absolute Gasteiger partial charge is 0.223 e. The first-order valence-corrected chi connectivity index (χ1v) is 8.49. The Morgan fingerprint density at radius 3 is 2.58 bits per heavy atom. The molecule has 2 atom stereocenters. The summed E-state index contributed by atoms with van der Waals surface area (Å²) < 4.78 is 0. The molecule has 19 heavy (non-hydrogen) atoms. The number of hydrogen-bond acceptors (Lipinski definition) is 3. The molecule has 2 unspecified atom stereocenters. The molecule has 0 aromatic rings. The predicted octanol–water partition coefficient (Wildman–Crippen LogP) is 2.59. The monoisotopic (exact) mass is 306 g/mol. The molecule has 2 N–H and O–H groups in total. The molecule has 0 aromatic heterocycles. The fourth-order valence-corrected chi connectivity index (χ4v) is 4.26. The van der Waals surface area contributed by atoms with Crippen molar-refractivity contribution < 1.29 is 4.79 Å². The highest BCUT2D eigenvalue weighted by atomic mass is 35.5. The van der Waals surface area contributed by atoms with Crippen molar-refractivity contribution in [1.29, 1.82) is 0 Å². The van der Waals surface area contributed by atoms with E-state index in [0.717, 1.165) is 31.7 Å². The third kappa shape index (κ3) is 5.16. The number of nitrogens with one attached hydrogen (secondary N) is 2. The summed E-state index contributed by atoms with van der Waals surface area (Å²) in [4.78, 5) is 12.3. The highest BCUT2D eigenvalue weighted by molar-refractivity contribution is 7.99. The molecule has 112 valence electrons. The Morgan fingerprint density at radius 1 is 1.21 bits per heavy atom. The lowest BCUT2D eigenvalue weighted by Gasteiger charge is -2.33. The van der Waals surface area contributed by atoms with Crippen LogP contribution in [0.4, 0.5) is 0 Å². The summed E-state index contributed by atoms with van der Waals surface area (Å²) in [5.41, 5.74) is 0. The van der Waals surface area contributed by atoms with Crippen LogP contribution in [-0.4, -0.2) is 36.0 Å². The fourth-order valence-electron chi connectivity index (χ4n) is 3.06. The van der Waals surface area contributed by atoms with Crippen LogP contribution in [0.2, 0.25) is 0 Å². The Bertz CT molecular complexity index is 270. The van der Waals surface area contributed by atoms with Crippen LogP contribution in [0.5, 0.6) is 0 Å². The largest absolute Gasteiger partial charge is 0.352 e. The zero-order valence-electron chi connectivity index (χ0n) is 11.8. The maximum absolute atomic E-state index is 12.3. The number of carbonyl (C=O) groups excluding carboxylic acids is 1. The molecule has 1 heterocycles. The highest BCUT2D eigenvalue weighted by Crippen LogP contribution is 2.29. The Morgan fingerprint density at radius 2 is 1.89 bits per heavy atom. The van der Waals surface area contributed by atoms with E-state index in [1.807, 2.05) is 11.8 Å². The number of carbonyl (C=O) groups is 1. The maximum Gasteiger partial charge on any atom is 0.223 e. The molecule has 2 rings (SSSR count). The summed E-state index contributed by atoms with van der Waals surface area (Å²) >= 11 is 2.02. The summed E-state index contributed by atoms with van der Waals surface area (Å²) in [5.74, 6) is 1.72. The molecule has 1 aliphatic carbocycles. The first kappa shape index (κ1) is 17.1. The van der Waals surface area contributed by atoms with Gasteiger partial charge in [0.1, 0.15) is 0 Å². The minimum atomic E-state index is 0. The number of rotatable bonds is 4. The molecule has 3 nitrogen and oxygen atoms in total. The fraction of sp³-hybridized carbons (Fsp3) is 0.929. The van der Waals surface area contributed by atoms with Crippen molar-refractivity contribution in [2.24, 2.45) is 5.92 Å². The SMILES string of the molecule is CCSC1CCCCC1NC(=O)C1CCNCC1.Cl. The van der Waals surface area contributed by atoms with Gasteiger partial charge in [0, 0.05) is 17.2 Å². The molecule has 1 saturated heterocycles. The molecule has 2 aliphatic rings. The van der Waals surface area contributed by atoms with Crippen molar-refractivity contribution in [3.63, 3.8) is 0 Å². The van der Waals surface area contributed by atoms with E-state index in [1.165, 1.54) is 25.7 Å². The third-order valence-corrected chi connectivity index (χ3v) is 5.45. The van der Waals surface area contributed by atoms with Gasteiger partial charge in [0.25, 0.3) is 0 Å². The Hall–Kier alpha value is 0.0700. The first-order chi connectivity index (χ1) is 8.81. The number of halogens is 1. The second kappa shape index (κ2) is 9.09. The molecular formula is C14H27ClN2OS. The minimum Gasteiger partial charge on any atom is -0.352 e. The lowest BCUT2D eigenvalue weighted by molar-refractivity contribution is -0.126. The third-order valence-electron chi connectivity index (χ3n) is 4.12. The lowest BCUT2D eigenvalue weighted by atomic mass is 9.92. The van der Waals surface area contributed by atoms with E-state index in [2.05, 4.69) is 17.6 Å². The Kier molecular flexibility index (Phi) is 8.19. The van der Waals surface area contributed by atoms with E-state index in [-0.39, 0.29) is 18.3 Å². The number of amides is 1. The van der Waals surface area contributed by atoms with E-state index in [9.17, 15) is 4.79 Å². The second-order valence-electron chi connectivity index (χ2n) is 5.42. The topological polar surface area (TPSA) is 41.1 Å². The van der Waals surface area contributed by atoms with Gasteiger partial charge in [-0.2, -0.15) is 11.8 Å². The molecule has 5 heteroatoms.